The molecule has 4 aromatic rings. The minimum Gasteiger partial charge on any atom is -0.337 e. The lowest BCUT2D eigenvalue weighted by Crippen LogP contribution is -2.43. The van der Waals surface area contributed by atoms with Gasteiger partial charge in [-0.05, 0) is 48.9 Å². The van der Waals surface area contributed by atoms with Gasteiger partial charge in [0.1, 0.15) is 11.2 Å². The molecule has 0 spiro atoms. The molecule has 1 N–H and O–H groups in total. The number of unbranched alkanes of at least 4 members (excludes halogenated alkanes) is 2. The van der Waals surface area contributed by atoms with Gasteiger partial charge in [-0.25, -0.2) is 4.79 Å². The van der Waals surface area contributed by atoms with Crippen LogP contribution in [-0.2, 0) is 29.2 Å². The van der Waals surface area contributed by atoms with Gasteiger partial charge < -0.3 is 10.2 Å². The molecule has 198 valence electrons. The Labute approximate surface area is 225 Å². The maximum Gasteiger partial charge on any atom is 0.332 e. The Hall–Kier alpha value is -3.98. The van der Waals surface area contributed by atoms with Crippen molar-refractivity contribution in [2.45, 2.75) is 52.2 Å². The summed E-state index contributed by atoms with van der Waals surface area (Å²) in [6.45, 7) is 2.97. The number of carbonyl (C=O) groups excluding carboxylic acids is 2. The molecule has 0 saturated carbocycles. The number of aromatic nitrogens is 2. The molecule has 2 amide bonds. The lowest BCUT2D eigenvalue weighted by molar-refractivity contribution is -0.132. The smallest absolute Gasteiger partial charge is 0.332 e. The van der Waals surface area contributed by atoms with Crippen LogP contribution in [0.3, 0.4) is 0 Å². The number of rotatable bonds is 12. The van der Waals surface area contributed by atoms with Gasteiger partial charge in [0.05, 0.1) is 5.52 Å². The van der Waals surface area contributed by atoms with Crippen molar-refractivity contribution < 1.29 is 9.59 Å². The van der Waals surface area contributed by atoms with E-state index in [1.165, 1.54) is 20.5 Å². The van der Waals surface area contributed by atoms with Gasteiger partial charge in [-0.2, -0.15) is 0 Å². The zero-order valence-electron chi connectivity index (χ0n) is 21.5. The topological polar surface area (TPSA) is 93.4 Å². The van der Waals surface area contributed by atoms with E-state index in [4.69, 9.17) is 0 Å². The molecular weight excluding hydrogens is 500 g/mol. The molecule has 0 aliphatic carbocycles. The van der Waals surface area contributed by atoms with E-state index >= 15 is 0 Å². The number of anilines is 1. The van der Waals surface area contributed by atoms with Gasteiger partial charge in [0.15, 0.2) is 0 Å². The fourth-order valence-corrected chi connectivity index (χ4v) is 5.22. The lowest BCUT2D eigenvalue weighted by atomic mass is 10.2. The van der Waals surface area contributed by atoms with E-state index in [1.54, 1.807) is 16.3 Å². The van der Waals surface area contributed by atoms with E-state index in [0.29, 0.717) is 49.0 Å². The summed E-state index contributed by atoms with van der Waals surface area (Å²) in [5.74, 6) is -0.245. The van der Waals surface area contributed by atoms with Gasteiger partial charge in [-0.3, -0.25) is 23.5 Å². The summed E-state index contributed by atoms with van der Waals surface area (Å²) >= 11 is 1.27. The van der Waals surface area contributed by atoms with Crippen LogP contribution in [0.5, 0.6) is 0 Å². The van der Waals surface area contributed by atoms with Crippen LogP contribution in [0.2, 0.25) is 0 Å². The minimum absolute atomic E-state index is 0.0646. The molecule has 0 aliphatic heterocycles. The standard InChI is InChI=1S/C29H32N4O4S/c1-2-31(20-22-12-6-3-7-13-22)26(35)21-33-24-17-19-38-27(24)28(36)32(29(33)37)18-11-5-10-16-25(34)30-23-14-8-4-9-15-23/h3-4,6-9,12-15,17,19H,2,5,10-11,16,18,20-21H2,1H3,(H,30,34). The molecule has 2 aromatic carbocycles. The predicted octanol–water partition coefficient (Wildman–Crippen LogP) is 4.47. The zero-order chi connectivity index (χ0) is 26.9. The number of nitrogens with one attached hydrogen (secondary N) is 1. The first-order valence-corrected chi connectivity index (χ1v) is 13.7. The van der Waals surface area contributed by atoms with Crippen molar-refractivity contribution in [2.24, 2.45) is 0 Å². The molecular formula is C29H32N4O4S. The molecule has 0 unspecified atom stereocenters. The van der Waals surface area contributed by atoms with Crippen LogP contribution in [0.4, 0.5) is 5.69 Å². The SMILES string of the molecule is CCN(Cc1ccccc1)C(=O)Cn1c(=O)n(CCCCCC(=O)Nc2ccccc2)c(=O)c2sccc21. The highest BCUT2D eigenvalue weighted by Gasteiger charge is 2.19. The van der Waals surface area contributed by atoms with Gasteiger partial charge in [0.2, 0.25) is 11.8 Å². The summed E-state index contributed by atoms with van der Waals surface area (Å²) in [5.41, 5.74) is 1.45. The summed E-state index contributed by atoms with van der Waals surface area (Å²) in [6, 6.07) is 20.7. The van der Waals surface area contributed by atoms with Gasteiger partial charge in [0, 0.05) is 31.7 Å². The fourth-order valence-electron chi connectivity index (χ4n) is 4.38. The van der Waals surface area contributed by atoms with E-state index in [0.717, 1.165) is 11.3 Å². The molecule has 0 atom stereocenters. The third kappa shape index (κ3) is 6.66. The number of para-hydroxylation sites is 1. The van der Waals surface area contributed by atoms with Crippen molar-refractivity contribution in [1.29, 1.82) is 0 Å². The summed E-state index contributed by atoms with van der Waals surface area (Å²) < 4.78 is 3.10. The quantitative estimate of drug-likeness (QED) is 0.273. The Balaban J connectivity index is 1.41. The number of hydrogen-bond acceptors (Lipinski definition) is 5. The van der Waals surface area contributed by atoms with Crippen LogP contribution >= 0.6 is 11.3 Å². The van der Waals surface area contributed by atoms with Gasteiger partial charge in [-0.15, -0.1) is 11.3 Å². The van der Waals surface area contributed by atoms with Gasteiger partial charge in [0.25, 0.3) is 5.56 Å². The zero-order valence-corrected chi connectivity index (χ0v) is 22.3. The van der Waals surface area contributed by atoms with Crippen LogP contribution in [-0.4, -0.2) is 32.4 Å². The lowest BCUT2D eigenvalue weighted by Gasteiger charge is -2.22. The Bertz CT molecular complexity index is 1490. The minimum atomic E-state index is -0.480. The van der Waals surface area contributed by atoms with E-state index in [-0.39, 0.29) is 30.5 Å². The summed E-state index contributed by atoms with van der Waals surface area (Å²) in [4.78, 5) is 53.5. The van der Waals surface area contributed by atoms with Gasteiger partial charge >= 0.3 is 5.69 Å². The molecule has 0 aliphatic rings. The number of thiophene rings is 1. The van der Waals surface area contributed by atoms with Crippen LogP contribution in [0.15, 0.2) is 81.7 Å². The molecule has 8 nitrogen and oxygen atoms in total. The number of nitrogens with zero attached hydrogens (tertiary/aromatic N) is 3. The third-order valence-electron chi connectivity index (χ3n) is 6.42. The second-order valence-electron chi connectivity index (χ2n) is 9.08. The summed E-state index contributed by atoms with van der Waals surface area (Å²) in [6.07, 6.45) is 2.27. The number of likely N-dealkylation sites (N-methyl/N-ethyl adjacent to an activating group) is 1. The van der Waals surface area contributed by atoms with Crippen molar-refractivity contribution in [3.05, 3.63) is 98.5 Å². The number of amides is 2. The van der Waals surface area contributed by atoms with Crippen molar-refractivity contribution in [3.8, 4) is 0 Å². The summed E-state index contributed by atoms with van der Waals surface area (Å²) in [5, 5.41) is 4.63. The van der Waals surface area contributed by atoms with E-state index in [2.05, 4.69) is 5.32 Å². The van der Waals surface area contributed by atoms with Crippen LogP contribution in [0.1, 0.15) is 38.2 Å². The monoisotopic (exact) mass is 532 g/mol. The maximum absolute atomic E-state index is 13.4. The number of carbonyl (C=O) groups is 2. The van der Waals surface area contributed by atoms with Gasteiger partial charge in [-0.1, -0.05) is 55.0 Å². The maximum atomic E-state index is 13.4. The Kier molecular flexibility index (Phi) is 9.26. The first kappa shape index (κ1) is 27.1. The first-order chi connectivity index (χ1) is 18.5. The van der Waals surface area contributed by atoms with Crippen molar-refractivity contribution in [3.63, 3.8) is 0 Å². The van der Waals surface area contributed by atoms with E-state index < -0.39 is 5.69 Å². The third-order valence-corrected chi connectivity index (χ3v) is 7.32. The first-order valence-electron chi connectivity index (χ1n) is 12.9. The van der Waals surface area contributed by atoms with E-state index in [1.807, 2.05) is 67.6 Å². The second kappa shape index (κ2) is 13.0. The van der Waals surface area contributed by atoms with Crippen LogP contribution < -0.4 is 16.6 Å². The molecule has 2 heterocycles. The molecule has 0 fully saturated rings. The Morgan fingerprint density at radius 1 is 0.895 bits per heavy atom. The Morgan fingerprint density at radius 3 is 2.32 bits per heavy atom. The largest absolute Gasteiger partial charge is 0.337 e. The highest BCUT2D eigenvalue weighted by atomic mass is 32.1. The van der Waals surface area contributed by atoms with Crippen molar-refractivity contribution >= 4 is 39.1 Å². The number of hydrogen-bond donors (Lipinski definition) is 1. The second-order valence-corrected chi connectivity index (χ2v) is 9.99. The molecule has 0 bridgehead atoms. The predicted molar refractivity (Wildman–Crippen MR) is 151 cm³/mol. The Morgan fingerprint density at radius 2 is 1.61 bits per heavy atom. The molecule has 2 aromatic heterocycles. The molecule has 4 rings (SSSR count). The van der Waals surface area contributed by atoms with Crippen molar-refractivity contribution in [2.75, 3.05) is 11.9 Å². The average Bonchev–Trinajstić information content (AvgIpc) is 3.42. The fraction of sp³-hybridized carbons (Fsp3) is 0.310. The highest BCUT2D eigenvalue weighted by Crippen LogP contribution is 2.16. The molecule has 9 heteroatoms. The normalized spacial score (nSPS) is 11.0. The van der Waals surface area contributed by atoms with E-state index in [9.17, 15) is 19.2 Å². The molecule has 0 saturated heterocycles. The number of fused-ring (bicyclic) bond motifs is 1. The van der Waals surface area contributed by atoms with Crippen LogP contribution in [0.25, 0.3) is 10.2 Å². The van der Waals surface area contributed by atoms with Crippen molar-refractivity contribution in [1.82, 2.24) is 14.0 Å². The highest BCUT2D eigenvalue weighted by molar-refractivity contribution is 7.17. The number of benzene rings is 2. The molecule has 38 heavy (non-hydrogen) atoms. The summed E-state index contributed by atoms with van der Waals surface area (Å²) in [7, 11) is 0. The average molecular weight is 533 g/mol. The molecule has 0 radical (unpaired) electrons. The van der Waals surface area contributed by atoms with Crippen LogP contribution in [0, 0.1) is 0 Å².